The van der Waals surface area contributed by atoms with Gasteiger partial charge in [0.1, 0.15) is 30.8 Å². The average Bonchev–Trinajstić information content (AvgIpc) is 3.29. The van der Waals surface area contributed by atoms with Crippen LogP contribution in [-0.4, -0.2) is 69.3 Å². The minimum Gasteiger partial charge on any atom is -0.491 e. The zero-order chi connectivity index (χ0) is 29.5. The highest BCUT2D eigenvalue weighted by Gasteiger charge is 2.50. The second-order valence-corrected chi connectivity index (χ2v) is 10.1. The molecule has 216 valence electrons. The van der Waals surface area contributed by atoms with Gasteiger partial charge >= 0.3 is 12.1 Å². The topological polar surface area (TPSA) is 117 Å². The molecule has 1 aliphatic heterocycles. The number of carboxylic acids is 1. The van der Waals surface area contributed by atoms with E-state index in [4.69, 9.17) is 9.47 Å². The number of hydrogen-bond donors (Lipinski definition) is 2. The number of para-hydroxylation sites is 1. The van der Waals surface area contributed by atoms with Crippen molar-refractivity contribution in [1.29, 1.82) is 0 Å². The molecule has 0 radical (unpaired) electrons. The molecule has 1 saturated heterocycles. The van der Waals surface area contributed by atoms with Crippen LogP contribution in [0.2, 0.25) is 0 Å². The van der Waals surface area contributed by atoms with Gasteiger partial charge in [0.2, 0.25) is 5.91 Å². The molecule has 1 heterocycles. The Kier molecular flexibility index (Phi) is 9.57. The van der Waals surface area contributed by atoms with Crippen LogP contribution >= 0.6 is 0 Å². The number of amides is 2. The monoisotopic (exact) mass is 564 g/mol. The summed E-state index contributed by atoms with van der Waals surface area (Å²) in [5.74, 6) is -2.75. The first-order valence-corrected chi connectivity index (χ1v) is 13.3. The van der Waals surface area contributed by atoms with Crippen molar-refractivity contribution >= 4 is 18.0 Å². The highest BCUT2D eigenvalue weighted by molar-refractivity contribution is 5.89. The van der Waals surface area contributed by atoms with E-state index in [0.29, 0.717) is 16.9 Å². The van der Waals surface area contributed by atoms with Crippen molar-refractivity contribution in [3.05, 3.63) is 101 Å². The molecule has 3 aromatic carbocycles. The first kappa shape index (κ1) is 29.5. The van der Waals surface area contributed by atoms with Crippen molar-refractivity contribution in [1.82, 2.24) is 9.80 Å². The highest BCUT2D eigenvalue weighted by Crippen LogP contribution is 2.34. The predicted molar refractivity (Wildman–Crippen MR) is 148 cm³/mol. The van der Waals surface area contributed by atoms with Crippen molar-refractivity contribution in [3.8, 4) is 5.75 Å². The van der Waals surface area contributed by atoms with E-state index < -0.39 is 48.4 Å². The fraction of sp³-hybridized carbons (Fsp3) is 0.323. The number of aliphatic carboxylic acids is 1. The number of hydrogen-bond acceptors (Lipinski definition) is 6. The summed E-state index contributed by atoms with van der Waals surface area (Å²) >= 11 is 0. The lowest BCUT2D eigenvalue weighted by Gasteiger charge is -2.31. The molecule has 0 bridgehead atoms. The Bertz CT molecular complexity index is 1350. The fourth-order valence-corrected chi connectivity index (χ4v) is 4.89. The Labute approximate surface area is 237 Å². The highest BCUT2D eigenvalue weighted by atomic mass is 19.1. The fourth-order valence-electron chi connectivity index (χ4n) is 4.89. The quantitative estimate of drug-likeness (QED) is 0.379. The average molecular weight is 565 g/mol. The van der Waals surface area contributed by atoms with Gasteiger partial charge in [0.05, 0.1) is 18.8 Å². The molecule has 0 unspecified atom stereocenters. The Morgan fingerprint density at radius 2 is 1.66 bits per heavy atom. The molecule has 0 aliphatic carbocycles. The lowest BCUT2D eigenvalue weighted by atomic mass is 9.93. The molecule has 2 N–H and O–H groups in total. The number of rotatable bonds is 10. The number of ether oxygens (including phenoxy) is 2. The first-order valence-electron chi connectivity index (χ1n) is 13.3. The summed E-state index contributed by atoms with van der Waals surface area (Å²) in [4.78, 5) is 41.3. The number of benzene rings is 3. The number of halogens is 1. The number of aliphatic hydroxyl groups is 1. The second kappa shape index (κ2) is 13.3. The van der Waals surface area contributed by atoms with Gasteiger partial charge in [-0.3, -0.25) is 14.5 Å². The third-order valence-corrected chi connectivity index (χ3v) is 6.79. The number of carbonyl (C=O) groups excluding carboxylic acids is 2. The SMILES string of the molecule is CC(C)Oc1ccccc1CN(CC(=O)O)C(=O)[C@H]1[C@@H](O)[C@H](c2ccc(F)cc2)CN1C(=O)OCc1ccccc1. The molecule has 10 heteroatoms. The lowest BCUT2D eigenvalue weighted by molar-refractivity contribution is -0.148. The van der Waals surface area contributed by atoms with E-state index >= 15 is 0 Å². The number of carboxylic acid groups (broad SMARTS) is 1. The number of likely N-dealkylation sites (tertiary alicyclic amines) is 1. The standard InChI is InChI=1S/C31H33FN2O7/c1-20(2)41-26-11-7-6-10-23(26)16-33(18-27(35)36)30(38)28-29(37)25(22-12-14-24(32)15-13-22)17-34(28)31(39)40-19-21-8-4-3-5-9-21/h3-15,20,25,28-29,37H,16-19H2,1-2H3,(H,35,36)/t25-,28+,29-/m0/s1. The molecule has 1 aliphatic rings. The van der Waals surface area contributed by atoms with Crippen LogP contribution in [0.4, 0.5) is 9.18 Å². The van der Waals surface area contributed by atoms with E-state index in [2.05, 4.69) is 0 Å². The second-order valence-electron chi connectivity index (χ2n) is 10.1. The molecule has 41 heavy (non-hydrogen) atoms. The Morgan fingerprint density at radius 3 is 2.32 bits per heavy atom. The van der Waals surface area contributed by atoms with Crippen LogP contribution in [0.5, 0.6) is 5.75 Å². The van der Waals surface area contributed by atoms with Gasteiger partial charge in [-0.05, 0) is 43.2 Å². The molecule has 3 atom stereocenters. The van der Waals surface area contributed by atoms with Crippen LogP contribution in [0.3, 0.4) is 0 Å². The van der Waals surface area contributed by atoms with Gasteiger partial charge in [-0.2, -0.15) is 0 Å². The molecular formula is C31H33FN2O7. The van der Waals surface area contributed by atoms with Crippen LogP contribution in [0.15, 0.2) is 78.9 Å². The van der Waals surface area contributed by atoms with Gasteiger partial charge in [0.15, 0.2) is 0 Å². The molecule has 2 amide bonds. The molecule has 4 rings (SSSR count). The number of nitrogens with zero attached hydrogens (tertiary/aromatic N) is 2. The summed E-state index contributed by atoms with van der Waals surface area (Å²) in [6.45, 7) is 2.73. The maximum Gasteiger partial charge on any atom is 0.410 e. The van der Waals surface area contributed by atoms with Crippen LogP contribution in [0.25, 0.3) is 0 Å². The van der Waals surface area contributed by atoms with Crippen molar-refractivity contribution in [3.63, 3.8) is 0 Å². The van der Waals surface area contributed by atoms with E-state index in [1.54, 1.807) is 48.5 Å². The molecule has 0 saturated carbocycles. The number of aliphatic hydroxyl groups excluding tert-OH is 1. The van der Waals surface area contributed by atoms with Gasteiger partial charge < -0.3 is 24.6 Å². The van der Waals surface area contributed by atoms with E-state index in [0.717, 1.165) is 15.4 Å². The summed E-state index contributed by atoms with van der Waals surface area (Å²) in [6.07, 6.45) is -2.41. The van der Waals surface area contributed by atoms with Gasteiger partial charge in [-0.1, -0.05) is 60.7 Å². The Balaban J connectivity index is 1.64. The van der Waals surface area contributed by atoms with Gasteiger partial charge in [-0.25, -0.2) is 9.18 Å². The maximum absolute atomic E-state index is 14.0. The van der Waals surface area contributed by atoms with Crippen molar-refractivity contribution < 1.29 is 38.5 Å². The largest absolute Gasteiger partial charge is 0.491 e. The van der Waals surface area contributed by atoms with Gasteiger partial charge in [-0.15, -0.1) is 0 Å². The summed E-state index contributed by atoms with van der Waals surface area (Å²) in [5, 5.41) is 21.1. The summed E-state index contributed by atoms with van der Waals surface area (Å²) in [5.41, 5.74) is 1.82. The van der Waals surface area contributed by atoms with E-state index in [-0.39, 0.29) is 25.8 Å². The van der Waals surface area contributed by atoms with Crippen LogP contribution in [0.1, 0.15) is 36.5 Å². The molecule has 9 nitrogen and oxygen atoms in total. The Hall–Kier alpha value is -4.44. The normalized spacial score (nSPS) is 18.3. The van der Waals surface area contributed by atoms with E-state index in [1.165, 1.54) is 24.3 Å². The zero-order valence-electron chi connectivity index (χ0n) is 22.9. The minimum atomic E-state index is -1.44. The minimum absolute atomic E-state index is 0.0624. The van der Waals surface area contributed by atoms with Crippen LogP contribution < -0.4 is 4.74 Å². The molecule has 0 spiro atoms. The molecular weight excluding hydrogens is 531 g/mol. The van der Waals surface area contributed by atoms with Gasteiger partial charge in [0, 0.05) is 18.0 Å². The van der Waals surface area contributed by atoms with Crippen LogP contribution in [0, 0.1) is 5.82 Å². The van der Waals surface area contributed by atoms with E-state index in [1.807, 2.05) is 19.9 Å². The lowest BCUT2D eigenvalue weighted by Crippen LogP contribution is -2.52. The summed E-state index contributed by atoms with van der Waals surface area (Å²) in [6, 6.07) is 19.9. The molecule has 3 aromatic rings. The van der Waals surface area contributed by atoms with Crippen LogP contribution in [-0.2, 0) is 27.5 Å². The van der Waals surface area contributed by atoms with Crippen molar-refractivity contribution in [2.45, 2.75) is 51.2 Å². The first-order chi connectivity index (χ1) is 19.6. The molecule has 1 fully saturated rings. The van der Waals surface area contributed by atoms with Gasteiger partial charge in [0.25, 0.3) is 0 Å². The predicted octanol–water partition coefficient (Wildman–Crippen LogP) is 4.19. The van der Waals surface area contributed by atoms with E-state index in [9.17, 15) is 29.0 Å². The molecule has 0 aromatic heterocycles. The third-order valence-electron chi connectivity index (χ3n) is 6.79. The van der Waals surface area contributed by atoms with Crippen molar-refractivity contribution in [2.24, 2.45) is 0 Å². The summed E-state index contributed by atoms with van der Waals surface area (Å²) in [7, 11) is 0. The third kappa shape index (κ3) is 7.40. The van der Waals surface area contributed by atoms with Crippen molar-refractivity contribution in [2.75, 3.05) is 13.1 Å². The summed E-state index contributed by atoms with van der Waals surface area (Å²) < 4.78 is 25.0. The maximum atomic E-state index is 14.0. The number of carbonyl (C=O) groups is 3. The smallest absolute Gasteiger partial charge is 0.410 e. The Morgan fingerprint density at radius 1 is 1.00 bits per heavy atom. The zero-order valence-corrected chi connectivity index (χ0v) is 22.9.